The monoisotopic (exact) mass is 437 g/mol. The van der Waals surface area contributed by atoms with Crippen LogP contribution in [0.15, 0.2) is 45.6 Å². The van der Waals surface area contributed by atoms with Crippen molar-refractivity contribution in [2.45, 2.75) is 46.2 Å². The molecular weight excluding hydrogens is 414 g/mol. The minimum atomic E-state index is -0.229. The average molecular weight is 438 g/mol. The van der Waals surface area contributed by atoms with E-state index in [-0.39, 0.29) is 5.91 Å². The summed E-state index contributed by atoms with van der Waals surface area (Å²) in [5, 5.41) is 15.4. The molecule has 31 heavy (non-hydrogen) atoms. The van der Waals surface area contributed by atoms with Gasteiger partial charge in [0, 0.05) is 35.0 Å². The fraction of sp³-hybridized carbons (Fsp3) is 0.348. The van der Waals surface area contributed by atoms with Gasteiger partial charge in [0.15, 0.2) is 5.76 Å². The fourth-order valence-electron chi connectivity index (χ4n) is 4.35. The Morgan fingerprint density at radius 1 is 1.39 bits per heavy atom. The van der Waals surface area contributed by atoms with Gasteiger partial charge < -0.3 is 9.73 Å². The molecule has 0 radical (unpaired) electrons. The number of aromatic nitrogens is 4. The number of nitrogens with one attached hydrogen (secondary N) is 2. The van der Waals surface area contributed by atoms with Gasteiger partial charge in [0.05, 0.1) is 24.5 Å². The Hall–Kier alpha value is -3.06. The summed E-state index contributed by atoms with van der Waals surface area (Å²) in [6.07, 6.45) is 10.4. The molecule has 0 fully saturated rings. The van der Waals surface area contributed by atoms with Crippen LogP contribution in [-0.2, 0) is 25.9 Å². The van der Waals surface area contributed by atoms with Gasteiger partial charge in [-0.3, -0.25) is 14.6 Å². The molecule has 160 valence electrons. The molecule has 8 heteroatoms. The van der Waals surface area contributed by atoms with Crippen molar-refractivity contribution in [1.82, 2.24) is 25.3 Å². The Kier molecular flexibility index (Phi) is 5.06. The molecule has 2 N–H and O–H groups in total. The van der Waals surface area contributed by atoms with Crippen molar-refractivity contribution in [2.24, 2.45) is 5.92 Å². The van der Waals surface area contributed by atoms with Gasteiger partial charge in [-0.25, -0.2) is 0 Å². The fourth-order valence-corrected chi connectivity index (χ4v) is 4.49. The Labute approximate surface area is 185 Å². The lowest BCUT2D eigenvalue weighted by Gasteiger charge is -2.17. The van der Waals surface area contributed by atoms with E-state index in [0.717, 1.165) is 59.1 Å². The minimum Gasteiger partial charge on any atom is -0.455 e. The lowest BCUT2D eigenvalue weighted by atomic mass is 9.93. The largest absolute Gasteiger partial charge is 0.455 e. The molecule has 7 nitrogen and oxygen atoms in total. The van der Waals surface area contributed by atoms with E-state index < -0.39 is 0 Å². The zero-order valence-corrected chi connectivity index (χ0v) is 18.3. The number of furan rings is 1. The zero-order valence-electron chi connectivity index (χ0n) is 17.5. The predicted molar refractivity (Wildman–Crippen MR) is 118 cm³/mol. The Balaban J connectivity index is 1.38. The van der Waals surface area contributed by atoms with Crippen LogP contribution < -0.4 is 5.32 Å². The van der Waals surface area contributed by atoms with Gasteiger partial charge in [-0.05, 0) is 49.0 Å². The molecule has 1 unspecified atom stereocenters. The minimum absolute atomic E-state index is 0.229. The summed E-state index contributed by atoms with van der Waals surface area (Å²) in [5.74, 6) is 1.31. The number of hydrogen-bond donors (Lipinski definition) is 2. The number of carbonyl (C=O) groups is 1. The number of H-pyrrole nitrogens is 1. The molecule has 0 aromatic carbocycles. The van der Waals surface area contributed by atoms with Crippen LogP contribution in [0.2, 0.25) is 0 Å². The van der Waals surface area contributed by atoms with E-state index in [1.54, 1.807) is 6.20 Å². The molecule has 3 aromatic rings. The van der Waals surface area contributed by atoms with Crippen molar-refractivity contribution >= 4 is 17.5 Å². The maximum atomic E-state index is 12.7. The van der Waals surface area contributed by atoms with Crippen LogP contribution >= 0.6 is 11.6 Å². The first-order valence-electron chi connectivity index (χ1n) is 10.5. The van der Waals surface area contributed by atoms with Gasteiger partial charge in [-0.2, -0.15) is 10.2 Å². The highest BCUT2D eigenvalue weighted by molar-refractivity contribution is 6.30. The number of hydrogen-bond acceptors (Lipinski definition) is 4. The average Bonchev–Trinajstić information content (AvgIpc) is 3.47. The smallest absolute Gasteiger partial charge is 0.287 e. The second-order valence-corrected chi connectivity index (χ2v) is 8.74. The number of rotatable bonds is 5. The summed E-state index contributed by atoms with van der Waals surface area (Å²) >= 11 is 6.22. The number of fused-ring (bicyclic) bond motifs is 3. The molecule has 2 aliphatic carbocycles. The number of nitrogens with zero attached hydrogens (tertiary/aromatic N) is 3. The van der Waals surface area contributed by atoms with E-state index in [1.165, 1.54) is 11.1 Å². The van der Waals surface area contributed by atoms with Gasteiger partial charge >= 0.3 is 0 Å². The van der Waals surface area contributed by atoms with E-state index in [2.05, 4.69) is 34.7 Å². The van der Waals surface area contributed by atoms with Crippen molar-refractivity contribution in [1.29, 1.82) is 0 Å². The Morgan fingerprint density at radius 2 is 2.26 bits per heavy atom. The molecule has 3 heterocycles. The number of amides is 1. The highest BCUT2D eigenvalue weighted by Gasteiger charge is 2.30. The van der Waals surface area contributed by atoms with Gasteiger partial charge in [-0.15, -0.1) is 0 Å². The third kappa shape index (κ3) is 3.74. The van der Waals surface area contributed by atoms with Gasteiger partial charge in [0.25, 0.3) is 5.91 Å². The van der Waals surface area contributed by atoms with Crippen LogP contribution in [0.4, 0.5) is 0 Å². The maximum absolute atomic E-state index is 12.7. The third-order valence-electron chi connectivity index (χ3n) is 6.00. The van der Waals surface area contributed by atoms with Gasteiger partial charge in [-0.1, -0.05) is 24.6 Å². The molecule has 0 aliphatic heterocycles. The van der Waals surface area contributed by atoms with Crippen LogP contribution in [0.5, 0.6) is 0 Å². The summed E-state index contributed by atoms with van der Waals surface area (Å²) in [6.45, 7) is 5.18. The number of carbonyl (C=O) groups excluding carboxylic acids is 1. The molecule has 0 saturated heterocycles. The SMILES string of the molecule is Cc1c(C(=O)NCc2ccn[nH]2)oc2c1-c1nn(CC3=CC=C(Cl)C(C)C3)cc1CC2. The molecule has 1 amide bonds. The van der Waals surface area contributed by atoms with E-state index in [1.807, 2.05) is 23.7 Å². The normalized spacial score (nSPS) is 17.6. The van der Waals surface area contributed by atoms with Crippen LogP contribution in [0, 0.1) is 12.8 Å². The molecular formula is C23H24ClN5O2. The zero-order chi connectivity index (χ0) is 21.5. The summed E-state index contributed by atoms with van der Waals surface area (Å²) < 4.78 is 7.99. The number of allylic oxidation sites excluding steroid dienone is 4. The van der Waals surface area contributed by atoms with E-state index in [9.17, 15) is 4.79 Å². The molecule has 0 spiro atoms. The molecule has 0 saturated carbocycles. The van der Waals surface area contributed by atoms with Crippen LogP contribution in [0.3, 0.4) is 0 Å². The molecule has 2 aliphatic rings. The summed E-state index contributed by atoms with van der Waals surface area (Å²) in [5.41, 5.74) is 6.06. The predicted octanol–water partition coefficient (Wildman–Crippen LogP) is 4.29. The first kappa shape index (κ1) is 19.9. The van der Waals surface area contributed by atoms with Crippen molar-refractivity contribution in [3.8, 4) is 11.3 Å². The quantitative estimate of drug-likeness (QED) is 0.623. The Morgan fingerprint density at radius 3 is 3.03 bits per heavy atom. The third-order valence-corrected chi connectivity index (χ3v) is 6.50. The standard InChI is InChI=1S/C23H24ClN5O2/c1-13-9-15(3-5-18(13)24)11-29-12-16-4-6-19-20(21(16)28-29)14(2)22(31-19)23(30)25-10-17-7-8-26-27-17/h3,5,7-8,12-13H,4,6,9-11H2,1-2H3,(H,25,30)(H,26,27). The van der Waals surface area contributed by atoms with Gasteiger partial charge in [0.2, 0.25) is 0 Å². The lowest BCUT2D eigenvalue weighted by Crippen LogP contribution is -2.23. The van der Waals surface area contributed by atoms with E-state index in [4.69, 9.17) is 21.1 Å². The topological polar surface area (TPSA) is 88.7 Å². The van der Waals surface area contributed by atoms with Crippen molar-refractivity contribution in [3.63, 3.8) is 0 Å². The van der Waals surface area contributed by atoms with Crippen molar-refractivity contribution < 1.29 is 9.21 Å². The molecule has 0 bridgehead atoms. The van der Waals surface area contributed by atoms with Crippen molar-refractivity contribution in [3.05, 3.63) is 69.6 Å². The molecule has 1 atom stereocenters. The first-order chi connectivity index (χ1) is 15.0. The first-order valence-corrected chi connectivity index (χ1v) is 10.9. The highest BCUT2D eigenvalue weighted by Crippen LogP contribution is 2.38. The molecule has 5 rings (SSSR count). The number of halogens is 1. The second kappa shape index (κ2) is 7.89. The van der Waals surface area contributed by atoms with E-state index >= 15 is 0 Å². The lowest BCUT2D eigenvalue weighted by molar-refractivity contribution is 0.0920. The number of aryl methyl sites for hydroxylation is 2. The van der Waals surface area contributed by atoms with E-state index in [0.29, 0.717) is 18.2 Å². The van der Waals surface area contributed by atoms with Crippen LogP contribution in [0.1, 0.15) is 46.5 Å². The summed E-state index contributed by atoms with van der Waals surface area (Å²) in [6, 6.07) is 1.82. The summed E-state index contributed by atoms with van der Waals surface area (Å²) in [7, 11) is 0. The maximum Gasteiger partial charge on any atom is 0.287 e. The highest BCUT2D eigenvalue weighted by atomic mass is 35.5. The Bertz CT molecular complexity index is 1200. The van der Waals surface area contributed by atoms with Crippen LogP contribution in [-0.4, -0.2) is 25.9 Å². The molecule has 3 aromatic heterocycles. The second-order valence-electron chi connectivity index (χ2n) is 8.30. The van der Waals surface area contributed by atoms with Crippen LogP contribution in [0.25, 0.3) is 11.3 Å². The van der Waals surface area contributed by atoms with Crippen molar-refractivity contribution in [2.75, 3.05) is 0 Å². The number of aromatic amines is 1. The summed E-state index contributed by atoms with van der Waals surface area (Å²) in [4.78, 5) is 12.7. The van der Waals surface area contributed by atoms with Gasteiger partial charge in [0.1, 0.15) is 5.76 Å².